The van der Waals surface area contributed by atoms with Crippen LogP contribution in [0.25, 0.3) is 0 Å². The van der Waals surface area contributed by atoms with Gasteiger partial charge in [-0.15, -0.1) is 24.0 Å². The lowest BCUT2D eigenvalue weighted by Crippen LogP contribution is -2.42. The molecule has 0 spiro atoms. The van der Waals surface area contributed by atoms with Crippen molar-refractivity contribution < 1.29 is 8.42 Å². The zero-order valence-electron chi connectivity index (χ0n) is 15.9. The van der Waals surface area contributed by atoms with Crippen LogP contribution in [0.15, 0.2) is 29.3 Å². The van der Waals surface area contributed by atoms with E-state index in [0.717, 1.165) is 37.1 Å². The number of para-hydroxylation sites is 1. The molecular formula is C18H31IN4O2S. The minimum atomic E-state index is -3.33. The van der Waals surface area contributed by atoms with Crippen LogP contribution in [0.3, 0.4) is 0 Å². The van der Waals surface area contributed by atoms with Crippen LogP contribution in [0.4, 0.5) is 5.69 Å². The molecule has 0 bridgehead atoms. The van der Waals surface area contributed by atoms with Gasteiger partial charge in [-0.25, -0.2) is 8.42 Å². The molecule has 26 heavy (non-hydrogen) atoms. The van der Waals surface area contributed by atoms with Crippen molar-refractivity contribution in [1.82, 2.24) is 10.6 Å². The molecule has 0 amide bonds. The summed E-state index contributed by atoms with van der Waals surface area (Å²) in [5.41, 5.74) is 1.92. The normalized spacial score (nSPS) is 14.2. The Balaban J connectivity index is 0.00000338. The van der Waals surface area contributed by atoms with Gasteiger partial charge in [0.15, 0.2) is 5.96 Å². The Kier molecular flexibility index (Phi) is 9.70. The lowest BCUT2D eigenvalue weighted by Gasteiger charge is -2.20. The van der Waals surface area contributed by atoms with Gasteiger partial charge in [0.05, 0.1) is 11.4 Å². The summed E-state index contributed by atoms with van der Waals surface area (Å²) in [6.45, 7) is 6.11. The Hall–Kier alpha value is -1.03. The van der Waals surface area contributed by atoms with E-state index in [1.165, 1.54) is 4.31 Å². The number of hydrogen-bond acceptors (Lipinski definition) is 3. The molecule has 1 aromatic carbocycles. The number of anilines is 1. The zero-order valence-corrected chi connectivity index (χ0v) is 19.0. The predicted molar refractivity (Wildman–Crippen MR) is 120 cm³/mol. The molecule has 0 saturated heterocycles. The van der Waals surface area contributed by atoms with Crippen LogP contribution in [-0.4, -0.2) is 46.8 Å². The van der Waals surface area contributed by atoms with Gasteiger partial charge in [-0.2, -0.15) is 0 Å². The van der Waals surface area contributed by atoms with Gasteiger partial charge in [-0.05, 0) is 36.8 Å². The summed E-state index contributed by atoms with van der Waals surface area (Å²) in [6.07, 6.45) is 3.01. The summed E-state index contributed by atoms with van der Waals surface area (Å²) >= 11 is 0. The van der Waals surface area contributed by atoms with Crippen molar-refractivity contribution in [2.45, 2.75) is 33.1 Å². The first-order chi connectivity index (χ1) is 11.9. The molecular weight excluding hydrogens is 463 g/mol. The van der Waals surface area contributed by atoms with E-state index < -0.39 is 10.0 Å². The summed E-state index contributed by atoms with van der Waals surface area (Å²) in [5.74, 6) is 1.39. The summed E-state index contributed by atoms with van der Waals surface area (Å²) in [6, 6.07) is 7.70. The number of guanidine groups is 1. The molecule has 1 heterocycles. The molecule has 2 N–H and O–H groups in total. The van der Waals surface area contributed by atoms with Crippen molar-refractivity contribution in [2.75, 3.05) is 36.7 Å². The third kappa shape index (κ3) is 6.61. The third-order valence-electron chi connectivity index (χ3n) is 4.31. The van der Waals surface area contributed by atoms with Crippen molar-refractivity contribution in [2.24, 2.45) is 10.9 Å². The van der Waals surface area contributed by atoms with Crippen molar-refractivity contribution in [3.8, 4) is 0 Å². The quantitative estimate of drug-likeness (QED) is 0.252. The molecule has 148 valence electrons. The number of aliphatic imine (C=N–C) groups is 1. The first-order valence-corrected chi connectivity index (χ1v) is 10.6. The molecule has 0 fully saturated rings. The highest BCUT2D eigenvalue weighted by Gasteiger charge is 2.28. The largest absolute Gasteiger partial charge is 0.356 e. The van der Waals surface area contributed by atoms with Gasteiger partial charge >= 0.3 is 0 Å². The number of halogens is 1. The minimum absolute atomic E-state index is 0. The van der Waals surface area contributed by atoms with Gasteiger partial charge in [0.25, 0.3) is 0 Å². The summed E-state index contributed by atoms with van der Waals surface area (Å²) in [4.78, 5) is 4.14. The van der Waals surface area contributed by atoms with Gasteiger partial charge in [-0.1, -0.05) is 32.0 Å². The number of rotatable bonds is 8. The number of nitrogens with one attached hydrogen (secondary N) is 2. The summed E-state index contributed by atoms with van der Waals surface area (Å²) in [5, 5.41) is 6.32. The first kappa shape index (κ1) is 23.0. The number of hydrogen-bond donors (Lipinski definition) is 2. The molecule has 1 aromatic rings. The highest BCUT2D eigenvalue weighted by molar-refractivity contribution is 14.0. The van der Waals surface area contributed by atoms with Crippen molar-refractivity contribution in [3.05, 3.63) is 29.8 Å². The van der Waals surface area contributed by atoms with Gasteiger partial charge in [0.2, 0.25) is 10.0 Å². The van der Waals surface area contributed by atoms with Crippen molar-refractivity contribution >= 4 is 45.6 Å². The smallest absolute Gasteiger partial charge is 0.236 e. The molecule has 0 aliphatic carbocycles. The molecule has 0 atom stereocenters. The fourth-order valence-corrected chi connectivity index (χ4v) is 4.37. The summed E-state index contributed by atoms with van der Waals surface area (Å²) in [7, 11) is -1.63. The second-order valence-corrected chi connectivity index (χ2v) is 8.74. The second-order valence-electron chi connectivity index (χ2n) is 6.73. The number of fused-ring (bicyclic) bond motifs is 1. The van der Waals surface area contributed by atoms with Crippen LogP contribution in [0.5, 0.6) is 0 Å². The molecule has 2 rings (SSSR count). The number of sulfonamides is 1. The van der Waals surface area contributed by atoms with E-state index in [1.807, 2.05) is 24.3 Å². The Morgan fingerprint density at radius 3 is 2.62 bits per heavy atom. The van der Waals surface area contributed by atoms with Gasteiger partial charge in [-0.3, -0.25) is 9.30 Å². The average molecular weight is 494 g/mol. The lowest BCUT2D eigenvalue weighted by atomic mass is 10.1. The van der Waals surface area contributed by atoms with Crippen LogP contribution in [-0.2, 0) is 16.4 Å². The van der Waals surface area contributed by atoms with E-state index in [-0.39, 0.29) is 29.7 Å². The molecule has 1 aliphatic heterocycles. The number of nitrogens with zero attached hydrogens (tertiary/aromatic N) is 2. The van der Waals surface area contributed by atoms with Gasteiger partial charge < -0.3 is 10.6 Å². The van der Waals surface area contributed by atoms with Crippen molar-refractivity contribution in [3.63, 3.8) is 0 Å². The molecule has 6 nitrogen and oxygen atoms in total. The second kappa shape index (κ2) is 11.0. The van der Waals surface area contributed by atoms with Crippen molar-refractivity contribution in [1.29, 1.82) is 0 Å². The maximum atomic E-state index is 12.6. The molecule has 0 unspecified atom stereocenters. The van der Waals surface area contributed by atoms with E-state index in [1.54, 1.807) is 7.05 Å². The fourth-order valence-electron chi connectivity index (χ4n) is 2.94. The van der Waals surface area contributed by atoms with E-state index in [4.69, 9.17) is 0 Å². The monoisotopic (exact) mass is 494 g/mol. The van der Waals surface area contributed by atoms with Crippen LogP contribution < -0.4 is 14.9 Å². The Morgan fingerprint density at radius 1 is 1.23 bits per heavy atom. The predicted octanol–water partition coefficient (Wildman–Crippen LogP) is 2.60. The van der Waals surface area contributed by atoms with Crippen LogP contribution >= 0.6 is 24.0 Å². The van der Waals surface area contributed by atoms with Crippen LogP contribution in [0.1, 0.15) is 32.3 Å². The molecule has 0 radical (unpaired) electrons. The standard InChI is InChI=1S/C18H30N4O2S.HI/c1-15(2)7-6-11-20-18(19-3)21-12-14-25(23,24)22-13-10-16-8-4-5-9-17(16)22;/h4-5,8-9,15H,6-7,10-14H2,1-3H3,(H2,19,20,21);1H. The Morgan fingerprint density at radius 2 is 1.92 bits per heavy atom. The highest BCUT2D eigenvalue weighted by Crippen LogP contribution is 2.29. The van der Waals surface area contributed by atoms with Crippen LogP contribution in [0, 0.1) is 5.92 Å². The summed E-state index contributed by atoms with van der Waals surface area (Å²) < 4.78 is 26.8. The van der Waals surface area contributed by atoms with Gasteiger partial charge in [0.1, 0.15) is 0 Å². The number of benzene rings is 1. The SMILES string of the molecule is CN=C(NCCCC(C)C)NCCS(=O)(=O)N1CCc2ccccc21.I. The Bertz CT molecular complexity index is 692. The highest BCUT2D eigenvalue weighted by atomic mass is 127. The minimum Gasteiger partial charge on any atom is -0.356 e. The third-order valence-corrected chi connectivity index (χ3v) is 6.08. The van der Waals surface area contributed by atoms with E-state index >= 15 is 0 Å². The average Bonchev–Trinajstić information content (AvgIpc) is 3.01. The van der Waals surface area contributed by atoms with E-state index in [2.05, 4.69) is 29.5 Å². The fraction of sp³-hybridized carbons (Fsp3) is 0.611. The maximum absolute atomic E-state index is 12.6. The maximum Gasteiger partial charge on any atom is 0.236 e. The molecule has 0 aromatic heterocycles. The zero-order chi connectivity index (χ0) is 18.3. The van der Waals surface area contributed by atoms with E-state index in [0.29, 0.717) is 25.0 Å². The first-order valence-electron chi connectivity index (χ1n) is 8.97. The van der Waals surface area contributed by atoms with E-state index in [9.17, 15) is 8.42 Å². The molecule has 8 heteroatoms. The topological polar surface area (TPSA) is 73.8 Å². The molecule has 1 aliphatic rings. The van der Waals surface area contributed by atoms with Gasteiger partial charge in [0, 0.05) is 26.7 Å². The molecule has 0 saturated carbocycles. The van der Waals surface area contributed by atoms with Crippen LogP contribution in [0.2, 0.25) is 0 Å². The Labute approximate surface area is 174 Å². The lowest BCUT2D eigenvalue weighted by molar-refractivity contribution is 0.549.